The standard InChI is InChI=1S/C25H23N5O3S/c1-28-22(18-13-34-14-19(18)27-28)26-21(31)11-6-12-29-23-15-7-2-3-8-16(15)25(33)30(23)20-10-5-4-9-17(20)24(29)32/h2-5,7-10,23H,6,11-14H2,1H3,(H,26,31)/t23-/m1/s1. The Balaban J connectivity index is 1.22. The van der Waals surface area contributed by atoms with Gasteiger partial charge < -0.3 is 10.2 Å². The van der Waals surface area contributed by atoms with Gasteiger partial charge in [0.2, 0.25) is 5.91 Å². The molecule has 9 heteroatoms. The Kier molecular flexibility index (Phi) is 4.95. The summed E-state index contributed by atoms with van der Waals surface area (Å²) in [6, 6.07) is 14.7. The highest BCUT2D eigenvalue weighted by Crippen LogP contribution is 2.45. The fraction of sp³-hybridized carbons (Fsp3) is 0.280. The number of para-hydroxylation sites is 1. The number of nitrogens with zero attached hydrogens (tertiary/aromatic N) is 4. The second kappa shape index (κ2) is 8.02. The van der Waals surface area contributed by atoms with E-state index in [4.69, 9.17) is 0 Å². The molecule has 2 aromatic carbocycles. The normalized spacial score (nSPS) is 18.0. The van der Waals surface area contributed by atoms with E-state index in [0.717, 1.165) is 34.1 Å². The van der Waals surface area contributed by atoms with E-state index in [0.29, 0.717) is 29.8 Å². The highest BCUT2D eigenvalue weighted by atomic mass is 32.2. The SMILES string of the molecule is Cn1nc2c(c1NC(=O)CCCN1C(=O)c3ccccc3N3C(=O)c4ccccc4[C@H]13)CSC2. The number of amides is 3. The Bertz CT molecular complexity index is 1350. The van der Waals surface area contributed by atoms with Gasteiger partial charge in [-0.15, -0.1) is 0 Å². The second-order valence-electron chi connectivity index (χ2n) is 8.69. The zero-order valence-electron chi connectivity index (χ0n) is 18.7. The molecule has 0 fully saturated rings. The third-order valence-corrected chi connectivity index (χ3v) is 7.63. The van der Waals surface area contributed by atoms with E-state index in [1.54, 1.807) is 44.4 Å². The Labute approximate surface area is 200 Å². The molecule has 34 heavy (non-hydrogen) atoms. The average molecular weight is 474 g/mol. The maximum absolute atomic E-state index is 13.5. The Morgan fingerprint density at radius 3 is 2.68 bits per heavy atom. The largest absolute Gasteiger partial charge is 0.313 e. The van der Waals surface area contributed by atoms with Gasteiger partial charge in [-0.25, -0.2) is 0 Å². The molecule has 3 amide bonds. The number of aromatic nitrogens is 2. The monoisotopic (exact) mass is 473 g/mol. The first kappa shape index (κ1) is 21.0. The first-order valence-corrected chi connectivity index (χ1v) is 12.4. The van der Waals surface area contributed by atoms with Gasteiger partial charge in [0, 0.05) is 48.2 Å². The summed E-state index contributed by atoms with van der Waals surface area (Å²) in [6.07, 6.45) is 0.252. The van der Waals surface area contributed by atoms with Crippen molar-refractivity contribution < 1.29 is 14.4 Å². The van der Waals surface area contributed by atoms with Crippen LogP contribution in [0.3, 0.4) is 0 Å². The number of anilines is 2. The van der Waals surface area contributed by atoms with E-state index < -0.39 is 6.17 Å². The van der Waals surface area contributed by atoms with Gasteiger partial charge in [0.1, 0.15) is 12.0 Å². The van der Waals surface area contributed by atoms with Gasteiger partial charge in [-0.2, -0.15) is 16.9 Å². The molecule has 4 heterocycles. The first-order chi connectivity index (χ1) is 16.5. The number of rotatable bonds is 5. The number of aryl methyl sites for hydroxylation is 1. The fourth-order valence-corrected chi connectivity index (χ4v) is 6.14. The van der Waals surface area contributed by atoms with Crippen molar-refractivity contribution in [2.45, 2.75) is 30.5 Å². The minimum atomic E-state index is -0.494. The maximum atomic E-state index is 13.5. The minimum absolute atomic E-state index is 0.104. The van der Waals surface area contributed by atoms with Crippen LogP contribution in [0.4, 0.5) is 11.5 Å². The summed E-state index contributed by atoms with van der Waals surface area (Å²) >= 11 is 1.79. The molecule has 3 aliphatic rings. The lowest BCUT2D eigenvalue weighted by Gasteiger charge is -2.41. The minimum Gasteiger partial charge on any atom is -0.313 e. The molecule has 8 nitrogen and oxygen atoms in total. The third-order valence-electron chi connectivity index (χ3n) is 6.66. The van der Waals surface area contributed by atoms with Crippen LogP contribution in [0.5, 0.6) is 0 Å². The van der Waals surface area contributed by atoms with Crippen LogP contribution in [0.15, 0.2) is 48.5 Å². The Morgan fingerprint density at radius 1 is 1.06 bits per heavy atom. The predicted molar refractivity (Wildman–Crippen MR) is 130 cm³/mol. The van der Waals surface area contributed by atoms with Crippen LogP contribution in [-0.2, 0) is 23.3 Å². The highest BCUT2D eigenvalue weighted by molar-refractivity contribution is 7.98. The summed E-state index contributed by atoms with van der Waals surface area (Å²) in [7, 11) is 1.84. The van der Waals surface area contributed by atoms with E-state index in [9.17, 15) is 14.4 Å². The molecule has 0 spiro atoms. The lowest BCUT2D eigenvalue weighted by Crippen LogP contribution is -2.48. The summed E-state index contributed by atoms with van der Waals surface area (Å²) in [6.45, 7) is 0.364. The van der Waals surface area contributed by atoms with Crippen molar-refractivity contribution in [1.29, 1.82) is 0 Å². The van der Waals surface area contributed by atoms with Crippen molar-refractivity contribution in [3.8, 4) is 0 Å². The van der Waals surface area contributed by atoms with Crippen LogP contribution >= 0.6 is 11.8 Å². The van der Waals surface area contributed by atoms with Gasteiger partial charge in [0.25, 0.3) is 11.8 Å². The third kappa shape index (κ3) is 3.14. The van der Waals surface area contributed by atoms with E-state index in [2.05, 4.69) is 10.4 Å². The topological polar surface area (TPSA) is 87.5 Å². The van der Waals surface area contributed by atoms with Crippen molar-refractivity contribution in [3.05, 3.63) is 76.5 Å². The molecule has 0 bridgehead atoms. The molecule has 0 aliphatic carbocycles. The molecule has 3 aromatic rings. The van der Waals surface area contributed by atoms with Crippen LogP contribution in [0, 0.1) is 0 Å². The number of thioether (sulfide) groups is 1. The molecular formula is C25H23N5O3S. The van der Waals surface area contributed by atoms with Crippen LogP contribution in [-0.4, -0.2) is 38.9 Å². The van der Waals surface area contributed by atoms with Gasteiger partial charge in [-0.3, -0.25) is 24.0 Å². The molecule has 1 aromatic heterocycles. The van der Waals surface area contributed by atoms with Gasteiger partial charge in [0.15, 0.2) is 0 Å². The summed E-state index contributed by atoms with van der Waals surface area (Å²) in [5.41, 5.74) is 4.71. The first-order valence-electron chi connectivity index (χ1n) is 11.3. The molecule has 0 saturated heterocycles. The lowest BCUT2D eigenvalue weighted by molar-refractivity contribution is -0.116. The fourth-order valence-electron chi connectivity index (χ4n) is 5.10. The van der Waals surface area contributed by atoms with E-state index in [1.807, 2.05) is 37.4 Å². The number of nitrogens with one attached hydrogen (secondary N) is 1. The smallest absolute Gasteiger partial charge is 0.260 e. The number of hydrogen-bond donors (Lipinski definition) is 1. The highest BCUT2D eigenvalue weighted by Gasteiger charge is 2.47. The van der Waals surface area contributed by atoms with Crippen molar-refractivity contribution in [2.75, 3.05) is 16.8 Å². The average Bonchev–Trinajstić information content (AvgIpc) is 3.50. The molecule has 1 N–H and O–H groups in total. The predicted octanol–water partition coefficient (Wildman–Crippen LogP) is 3.70. The lowest BCUT2D eigenvalue weighted by atomic mass is 10.0. The zero-order valence-corrected chi connectivity index (χ0v) is 19.5. The van der Waals surface area contributed by atoms with Crippen LogP contribution in [0.2, 0.25) is 0 Å². The van der Waals surface area contributed by atoms with Crippen LogP contribution in [0.1, 0.15) is 56.5 Å². The van der Waals surface area contributed by atoms with E-state index >= 15 is 0 Å². The number of benzene rings is 2. The maximum Gasteiger partial charge on any atom is 0.260 e. The molecule has 0 unspecified atom stereocenters. The number of hydrogen-bond acceptors (Lipinski definition) is 5. The van der Waals surface area contributed by atoms with Crippen molar-refractivity contribution in [2.24, 2.45) is 7.05 Å². The summed E-state index contributed by atoms with van der Waals surface area (Å²) < 4.78 is 1.73. The summed E-state index contributed by atoms with van der Waals surface area (Å²) in [5, 5.41) is 7.49. The van der Waals surface area contributed by atoms with Gasteiger partial charge >= 0.3 is 0 Å². The zero-order chi connectivity index (χ0) is 23.4. The number of carbonyl (C=O) groups is 3. The number of carbonyl (C=O) groups excluding carboxylic acids is 3. The molecule has 0 saturated carbocycles. The van der Waals surface area contributed by atoms with E-state index in [-0.39, 0.29) is 24.1 Å². The van der Waals surface area contributed by atoms with Crippen molar-refractivity contribution in [3.63, 3.8) is 0 Å². The van der Waals surface area contributed by atoms with Gasteiger partial charge in [-0.1, -0.05) is 30.3 Å². The summed E-state index contributed by atoms with van der Waals surface area (Å²) in [5.74, 6) is 2.15. The summed E-state index contributed by atoms with van der Waals surface area (Å²) in [4.78, 5) is 42.9. The van der Waals surface area contributed by atoms with Gasteiger partial charge in [0.05, 0.1) is 16.9 Å². The van der Waals surface area contributed by atoms with Crippen LogP contribution in [0.25, 0.3) is 0 Å². The Morgan fingerprint density at radius 2 is 1.82 bits per heavy atom. The second-order valence-corrected chi connectivity index (χ2v) is 9.68. The van der Waals surface area contributed by atoms with Gasteiger partial charge in [-0.05, 0) is 24.6 Å². The molecule has 6 rings (SSSR count). The molecular weight excluding hydrogens is 450 g/mol. The van der Waals surface area contributed by atoms with E-state index in [1.165, 1.54) is 0 Å². The molecule has 1 atom stereocenters. The van der Waals surface area contributed by atoms with Crippen LogP contribution < -0.4 is 10.2 Å². The number of fused-ring (bicyclic) bond motifs is 6. The molecule has 0 radical (unpaired) electrons. The Hall–Kier alpha value is -3.59. The van der Waals surface area contributed by atoms with Crippen molar-refractivity contribution >= 4 is 41.0 Å². The quantitative estimate of drug-likeness (QED) is 0.611. The molecule has 3 aliphatic heterocycles. The molecule has 172 valence electrons. The van der Waals surface area contributed by atoms with Crippen molar-refractivity contribution in [1.82, 2.24) is 14.7 Å².